The van der Waals surface area contributed by atoms with Crippen LogP contribution in [0.1, 0.15) is 17.9 Å². The summed E-state index contributed by atoms with van der Waals surface area (Å²) in [6, 6.07) is 6.35. The van der Waals surface area contributed by atoms with Crippen molar-refractivity contribution in [3.8, 4) is 0 Å². The smallest absolute Gasteiger partial charge is 0.245 e. The molecule has 0 aliphatic carbocycles. The molecule has 2 heterocycles. The molecule has 0 amide bonds. The molecule has 1 unspecified atom stereocenters. The van der Waals surface area contributed by atoms with Crippen molar-refractivity contribution in [3.63, 3.8) is 0 Å². The number of benzene rings is 1. The van der Waals surface area contributed by atoms with Gasteiger partial charge in [-0.3, -0.25) is 0 Å². The normalized spacial score (nSPS) is 18.3. The second-order valence-corrected chi connectivity index (χ2v) is 7.79. The summed E-state index contributed by atoms with van der Waals surface area (Å²) in [5.41, 5.74) is 1.31. The predicted molar refractivity (Wildman–Crippen MR) is 87.9 cm³/mol. The van der Waals surface area contributed by atoms with Gasteiger partial charge in [0.25, 0.3) is 0 Å². The molecule has 2 aromatic rings. The maximum absolute atomic E-state index is 13.0. The van der Waals surface area contributed by atoms with Gasteiger partial charge in [0.2, 0.25) is 10.0 Å². The molecular weight excluding hydrogens is 333 g/mol. The van der Waals surface area contributed by atoms with Gasteiger partial charge in [0.15, 0.2) is 5.76 Å². The van der Waals surface area contributed by atoms with Crippen LogP contribution in [0, 0.1) is 25.6 Å². The van der Waals surface area contributed by atoms with Gasteiger partial charge in [-0.05, 0) is 50.5 Å². The topological polar surface area (TPSA) is 75.4 Å². The van der Waals surface area contributed by atoms with Gasteiger partial charge in [0.1, 0.15) is 16.4 Å². The zero-order valence-corrected chi connectivity index (χ0v) is 14.4. The van der Waals surface area contributed by atoms with E-state index in [1.54, 1.807) is 26.0 Å². The van der Waals surface area contributed by atoms with Gasteiger partial charge in [0, 0.05) is 25.3 Å². The van der Waals surface area contributed by atoms with Gasteiger partial charge in [-0.25, -0.2) is 17.5 Å². The largest absolute Gasteiger partial charge is 0.371 e. The lowest BCUT2D eigenvalue weighted by Gasteiger charge is -2.18. The van der Waals surface area contributed by atoms with Gasteiger partial charge in [-0.15, -0.1) is 0 Å². The minimum absolute atomic E-state index is 0.121. The zero-order valence-electron chi connectivity index (χ0n) is 13.6. The van der Waals surface area contributed by atoms with Crippen LogP contribution in [0.2, 0.25) is 0 Å². The number of rotatable bonds is 5. The number of nitrogens with zero attached hydrogens (tertiary/aromatic N) is 2. The van der Waals surface area contributed by atoms with Gasteiger partial charge >= 0.3 is 0 Å². The predicted octanol–water partition coefficient (Wildman–Crippen LogP) is 2.24. The first kappa shape index (κ1) is 16.9. The lowest BCUT2D eigenvalue weighted by molar-refractivity contribution is 0.390. The van der Waals surface area contributed by atoms with Crippen molar-refractivity contribution in [2.24, 2.45) is 5.92 Å². The number of nitrogens with one attached hydrogen (secondary N) is 1. The summed E-state index contributed by atoms with van der Waals surface area (Å²) in [7, 11) is -3.63. The number of hydrogen-bond donors (Lipinski definition) is 1. The lowest BCUT2D eigenvalue weighted by Crippen LogP contribution is -2.31. The van der Waals surface area contributed by atoms with Crippen molar-refractivity contribution < 1.29 is 17.3 Å². The molecule has 1 aromatic heterocycles. The molecule has 1 aromatic carbocycles. The fraction of sp³-hybridized carbons (Fsp3) is 0.438. The Morgan fingerprint density at radius 3 is 2.67 bits per heavy atom. The second kappa shape index (κ2) is 6.52. The average molecular weight is 353 g/mol. The van der Waals surface area contributed by atoms with E-state index >= 15 is 0 Å². The monoisotopic (exact) mass is 353 g/mol. The van der Waals surface area contributed by atoms with Crippen molar-refractivity contribution in [1.82, 2.24) is 9.88 Å². The third kappa shape index (κ3) is 3.44. The Kier molecular flexibility index (Phi) is 4.60. The molecule has 0 spiro atoms. The van der Waals surface area contributed by atoms with Crippen molar-refractivity contribution in [3.05, 3.63) is 41.5 Å². The molecular formula is C16H20FN3O3S. The van der Waals surface area contributed by atoms with E-state index in [4.69, 9.17) is 4.52 Å². The van der Waals surface area contributed by atoms with Gasteiger partial charge < -0.3 is 9.42 Å². The number of sulfonamides is 1. The van der Waals surface area contributed by atoms with E-state index in [1.807, 2.05) is 0 Å². The van der Waals surface area contributed by atoms with E-state index in [2.05, 4.69) is 14.8 Å². The molecule has 8 heteroatoms. The molecule has 3 rings (SSSR count). The van der Waals surface area contributed by atoms with E-state index in [1.165, 1.54) is 12.1 Å². The zero-order chi connectivity index (χ0) is 17.3. The molecule has 1 saturated heterocycles. The van der Waals surface area contributed by atoms with E-state index in [-0.39, 0.29) is 16.6 Å². The maximum atomic E-state index is 13.0. The molecule has 1 aliphatic heterocycles. The Morgan fingerprint density at radius 1 is 1.33 bits per heavy atom. The Labute approximate surface area is 140 Å². The highest BCUT2D eigenvalue weighted by Gasteiger charge is 2.28. The third-order valence-electron chi connectivity index (χ3n) is 4.28. The Morgan fingerprint density at radius 2 is 2.04 bits per heavy atom. The van der Waals surface area contributed by atoms with Crippen molar-refractivity contribution in [2.75, 3.05) is 24.5 Å². The number of anilines is 1. The number of aryl methyl sites for hydroxylation is 2. The van der Waals surface area contributed by atoms with E-state index < -0.39 is 10.0 Å². The van der Waals surface area contributed by atoms with Crippen LogP contribution in [0.25, 0.3) is 0 Å². The van der Waals surface area contributed by atoms with Crippen LogP contribution >= 0.6 is 0 Å². The lowest BCUT2D eigenvalue weighted by atomic mass is 10.1. The average Bonchev–Trinajstić information content (AvgIpc) is 3.13. The molecule has 1 fully saturated rings. The highest BCUT2D eigenvalue weighted by atomic mass is 32.2. The standard InChI is InChI=1S/C16H20FN3O3S/c1-11-16(12(2)23-19-11)24(21,22)18-9-13-7-8-20(10-13)15-5-3-14(17)4-6-15/h3-6,13,18H,7-10H2,1-2H3. The van der Waals surface area contributed by atoms with Gasteiger partial charge in [-0.1, -0.05) is 5.16 Å². The fourth-order valence-electron chi connectivity index (χ4n) is 3.04. The van der Waals surface area contributed by atoms with Crippen molar-refractivity contribution >= 4 is 15.7 Å². The van der Waals surface area contributed by atoms with Crippen LogP contribution in [-0.2, 0) is 10.0 Å². The molecule has 1 N–H and O–H groups in total. The van der Waals surface area contributed by atoms with E-state index in [0.717, 1.165) is 25.2 Å². The fourth-order valence-corrected chi connectivity index (χ4v) is 4.49. The van der Waals surface area contributed by atoms with Gasteiger partial charge in [0.05, 0.1) is 0 Å². The second-order valence-electron chi connectivity index (χ2n) is 6.08. The van der Waals surface area contributed by atoms with Crippen LogP contribution in [0.4, 0.5) is 10.1 Å². The van der Waals surface area contributed by atoms with Crippen LogP contribution in [0.3, 0.4) is 0 Å². The Bertz CT molecular complexity index is 798. The van der Waals surface area contributed by atoms with Crippen LogP contribution < -0.4 is 9.62 Å². The summed E-state index contributed by atoms with van der Waals surface area (Å²) >= 11 is 0. The molecule has 1 atom stereocenters. The third-order valence-corrected chi connectivity index (χ3v) is 5.94. The summed E-state index contributed by atoms with van der Waals surface area (Å²) in [5.74, 6) is 0.228. The number of aromatic nitrogens is 1. The molecule has 0 saturated carbocycles. The first-order valence-corrected chi connectivity index (χ1v) is 9.28. The summed E-state index contributed by atoms with van der Waals surface area (Å²) in [4.78, 5) is 2.25. The van der Waals surface area contributed by atoms with E-state index in [0.29, 0.717) is 18.0 Å². The highest BCUT2D eigenvalue weighted by Crippen LogP contribution is 2.24. The molecule has 0 bridgehead atoms. The maximum Gasteiger partial charge on any atom is 0.245 e. The first-order valence-electron chi connectivity index (χ1n) is 7.80. The molecule has 130 valence electrons. The summed E-state index contributed by atoms with van der Waals surface area (Å²) in [6.07, 6.45) is 0.876. The Hall–Kier alpha value is -1.93. The van der Waals surface area contributed by atoms with Crippen LogP contribution in [0.5, 0.6) is 0 Å². The highest BCUT2D eigenvalue weighted by molar-refractivity contribution is 7.89. The first-order chi connectivity index (χ1) is 11.4. The number of halogens is 1. The Balaban J connectivity index is 1.61. The molecule has 0 radical (unpaired) electrons. The SMILES string of the molecule is Cc1noc(C)c1S(=O)(=O)NCC1CCN(c2ccc(F)cc2)C1. The molecule has 1 aliphatic rings. The molecule has 6 nitrogen and oxygen atoms in total. The van der Waals surface area contributed by atoms with Gasteiger partial charge in [-0.2, -0.15) is 0 Å². The quantitative estimate of drug-likeness (QED) is 0.892. The summed E-state index contributed by atoms with van der Waals surface area (Å²) in [6.45, 7) is 5.10. The van der Waals surface area contributed by atoms with Crippen LogP contribution in [0.15, 0.2) is 33.7 Å². The minimum atomic E-state index is -3.63. The van der Waals surface area contributed by atoms with Crippen molar-refractivity contribution in [2.45, 2.75) is 25.2 Å². The molecule has 24 heavy (non-hydrogen) atoms. The summed E-state index contributed by atoms with van der Waals surface area (Å²) in [5, 5.41) is 3.69. The summed E-state index contributed by atoms with van der Waals surface area (Å²) < 4.78 is 45.4. The van der Waals surface area contributed by atoms with E-state index in [9.17, 15) is 12.8 Å². The minimum Gasteiger partial charge on any atom is -0.371 e. The van der Waals surface area contributed by atoms with Crippen molar-refractivity contribution in [1.29, 1.82) is 0 Å². The van der Waals surface area contributed by atoms with Crippen LogP contribution in [-0.4, -0.2) is 33.2 Å². The number of hydrogen-bond acceptors (Lipinski definition) is 5.